The molecule has 0 saturated carbocycles. The Bertz CT molecular complexity index is 1080. The first-order valence-electron chi connectivity index (χ1n) is 9.15. The molecule has 0 atom stereocenters. The molecule has 2 N–H and O–H groups in total. The Labute approximate surface area is 176 Å². The SMILES string of the molecule is CNc1cc(Cl)cc(NC(=O)c2cnn(-c3cccc(C(C)C)c3)c2C(F)(F)F)c1. The van der Waals surface area contributed by atoms with Crippen LogP contribution in [0.2, 0.25) is 5.02 Å². The molecular formula is C21H20ClF3N4O. The van der Waals surface area contributed by atoms with Gasteiger partial charge in [-0.25, -0.2) is 4.68 Å². The minimum atomic E-state index is -4.79. The normalized spacial score (nSPS) is 11.6. The van der Waals surface area contributed by atoms with Crippen LogP contribution in [0.5, 0.6) is 0 Å². The lowest BCUT2D eigenvalue weighted by Gasteiger charge is -2.14. The number of amides is 1. The molecule has 1 aromatic heterocycles. The smallest absolute Gasteiger partial charge is 0.388 e. The number of nitrogens with zero attached hydrogens (tertiary/aromatic N) is 2. The molecule has 0 saturated heterocycles. The Kier molecular flexibility index (Phi) is 6.07. The van der Waals surface area contributed by atoms with Gasteiger partial charge in [0.25, 0.3) is 5.91 Å². The van der Waals surface area contributed by atoms with E-state index in [1.54, 1.807) is 31.3 Å². The number of alkyl halides is 3. The lowest BCUT2D eigenvalue weighted by Crippen LogP contribution is -2.20. The summed E-state index contributed by atoms with van der Waals surface area (Å²) < 4.78 is 42.4. The summed E-state index contributed by atoms with van der Waals surface area (Å²) in [6.45, 7) is 3.88. The predicted octanol–water partition coefficient (Wildman–Crippen LogP) is 5.96. The summed E-state index contributed by atoms with van der Waals surface area (Å²) in [6.07, 6.45) is -3.87. The van der Waals surface area contributed by atoms with E-state index in [0.717, 1.165) is 16.4 Å². The molecule has 0 bridgehead atoms. The van der Waals surface area contributed by atoms with Crippen molar-refractivity contribution >= 4 is 28.9 Å². The summed E-state index contributed by atoms with van der Waals surface area (Å²) in [4.78, 5) is 12.7. The Morgan fingerprint density at radius 2 is 1.83 bits per heavy atom. The van der Waals surface area contributed by atoms with Crippen LogP contribution in [0.4, 0.5) is 24.5 Å². The van der Waals surface area contributed by atoms with Gasteiger partial charge in [-0.2, -0.15) is 18.3 Å². The van der Waals surface area contributed by atoms with Gasteiger partial charge in [-0.05, 0) is 41.8 Å². The molecule has 0 aliphatic rings. The highest BCUT2D eigenvalue weighted by atomic mass is 35.5. The maximum absolute atomic E-state index is 13.9. The fraction of sp³-hybridized carbons (Fsp3) is 0.238. The molecule has 5 nitrogen and oxygen atoms in total. The van der Waals surface area contributed by atoms with E-state index in [9.17, 15) is 18.0 Å². The van der Waals surface area contributed by atoms with Gasteiger partial charge in [0.05, 0.1) is 17.4 Å². The molecule has 0 radical (unpaired) electrons. The molecule has 0 unspecified atom stereocenters. The number of anilines is 2. The standard InChI is InChI=1S/C21H20ClF3N4O/c1-12(2)13-5-4-6-17(7-13)29-19(21(23,24)25)18(11-27-29)20(30)28-16-9-14(22)8-15(10-16)26-3/h4-12,26H,1-3H3,(H,28,30). The zero-order chi connectivity index (χ0) is 22.1. The number of nitrogens with one attached hydrogen (secondary N) is 2. The minimum absolute atomic E-state index is 0.127. The van der Waals surface area contributed by atoms with E-state index in [2.05, 4.69) is 15.7 Å². The van der Waals surface area contributed by atoms with Crippen LogP contribution in [0, 0.1) is 0 Å². The summed E-state index contributed by atoms with van der Waals surface area (Å²) in [5, 5.41) is 9.52. The molecule has 1 amide bonds. The number of halogens is 4. The first-order valence-corrected chi connectivity index (χ1v) is 9.53. The molecule has 0 fully saturated rings. The molecular weight excluding hydrogens is 417 g/mol. The third-order valence-corrected chi connectivity index (χ3v) is 4.73. The lowest BCUT2D eigenvalue weighted by molar-refractivity contribution is -0.143. The van der Waals surface area contributed by atoms with Crippen molar-refractivity contribution in [3.63, 3.8) is 0 Å². The third-order valence-electron chi connectivity index (χ3n) is 4.51. The maximum Gasteiger partial charge on any atom is 0.434 e. The third kappa shape index (κ3) is 4.59. The average molecular weight is 437 g/mol. The van der Waals surface area contributed by atoms with Crippen molar-refractivity contribution in [3.05, 3.63) is 70.5 Å². The van der Waals surface area contributed by atoms with Crippen LogP contribution < -0.4 is 10.6 Å². The fourth-order valence-electron chi connectivity index (χ4n) is 3.00. The zero-order valence-corrected chi connectivity index (χ0v) is 17.3. The summed E-state index contributed by atoms with van der Waals surface area (Å²) in [5.41, 5.74) is 0.239. The van der Waals surface area contributed by atoms with Crippen LogP contribution in [0.3, 0.4) is 0 Å². The van der Waals surface area contributed by atoms with Crippen LogP contribution in [-0.2, 0) is 6.18 Å². The Hall–Kier alpha value is -3.00. The van der Waals surface area contributed by atoms with Gasteiger partial charge < -0.3 is 10.6 Å². The van der Waals surface area contributed by atoms with Crippen molar-refractivity contribution in [1.82, 2.24) is 9.78 Å². The van der Waals surface area contributed by atoms with E-state index in [1.165, 1.54) is 12.1 Å². The number of rotatable bonds is 5. The van der Waals surface area contributed by atoms with Gasteiger partial charge in [0.1, 0.15) is 0 Å². The van der Waals surface area contributed by atoms with Crippen molar-refractivity contribution in [3.8, 4) is 5.69 Å². The van der Waals surface area contributed by atoms with Crippen molar-refractivity contribution in [2.75, 3.05) is 17.7 Å². The van der Waals surface area contributed by atoms with Crippen molar-refractivity contribution in [2.45, 2.75) is 25.9 Å². The molecule has 158 valence electrons. The molecule has 0 aliphatic heterocycles. The van der Waals surface area contributed by atoms with Gasteiger partial charge in [-0.15, -0.1) is 0 Å². The zero-order valence-electron chi connectivity index (χ0n) is 16.5. The second-order valence-corrected chi connectivity index (χ2v) is 7.44. The van der Waals surface area contributed by atoms with Crippen molar-refractivity contribution < 1.29 is 18.0 Å². The first-order chi connectivity index (χ1) is 14.1. The Morgan fingerprint density at radius 3 is 2.47 bits per heavy atom. The minimum Gasteiger partial charge on any atom is -0.388 e. The monoisotopic (exact) mass is 436 g/mol. The number of carbonyl (C=O) groups excluding carboxylic acids is 1. The molecule has 2 aromatic carbocycles. The molecule has 3 aromatic rings. The van der Waals surface area contributed by atoms with Crippen LogP contribution in [0.1, 0.15) is 41.4 Å². The van der Waals surface area contributed by atoms with Gasteiger partial charge in [0.15, 0.2) is 5.69 Å². The lowest BCUT2D eigenvalue weighted by atomic mass is 10.0. The number of hydrogen-bond donors (Lipinski definition) is 2. The number of carbonyl (C=O) groups is 1. The van der Waals surface area contributed by atoms with E-state index < -0.39 is 23.3 Å². The van der Waals surface area contributed by atoms with Crippen LogP contribution in [0.15, 0.2) is 48.7 Å². The van der Waals surface area contributed by atoms with Gasteiger partial charge in [0.2, 0.25) is 0 Å². The summed E-state index contributed by atoms with van der Waals surface area (Å²) in [6, 6.07) is 11.3. The average Bonchev–Trinajstić information content (AvgIpc) is 3.13. The van der Waals surface area contributed by atoms with Crippen LogP contribution in [0.25, 0.3) is 5.69 Å². The van der Waals surface area contributed by atoms with Gasteiger partial charge in [-0.3, -0.25) is 4.79 Å². The van der Waals surface area contributed by atoms with Gasteiger partial charge in [0, 0.05) is 23.4 Å². The van der Waals surface area contributed by atoms with E-state index >= 15 is 0 Å². The summed E-state index contributed by atoms with van der Waals surface area (Å²) >= 11 is 6.00. The largest absolute Gasteiger partial charge is 0.434 e. The highest BCUT2D eigenvalue weighted by Gasteiger charge is 2.40. The Morgan fingerprint density at radius 1 is 1.13 bits per heavy atom. The van der Waals surface area contributed by atoms with E-state index in [0.29, 0.717) is 10.7 Å². The van der Waals surface area contributed by atoms with Crippen molar-refractivity contribution in [2.24, 2.45) is 0 Å². The van der Waals surface area contributed by atoms with Gasteiger partial charge in [-0.1, -0.05) is 37.6 Å². The van der Waals surface area contributed by atoms with E-state index in [4.69, 9.17) is 11.6 Å². The second-order valence-electron chi connectivity index (χ2n) is 7.00. The Balaban J connectivity index is 2.03. The highest BCUT2D eigenvalue weighted by molar-refractivity contribution is 6.31. The number of hydrogen-bond acceptors (Lipinski definition) is 3. The number of benzene rings is 2. The van der Waals surface area contributed by atoms with E-state index in [-0.39, 0.29) is 17.3 Å². The van der Waals surface area contributed by atoms with Gasteiger partial charge >= 0.3 is 6.18 Å². The molecule has 1 heterocycles. The van der Waals surface area contributed by atoms with E-state index in [1.807, 2.05) is 19.9 Å². The topological polar surface area (TPSA) is 58.9 Å². The molecule has 30 heavy (non-hydrogen) atoms. The first kappa shape index (κ1) is 21.7. The molecule has 0 aliphatic carbocycles. The summed E-state index contributed by atoms with van der Waals surface area (Å²) in [7, 11) is 1.66. The number of aromatic nitrogens is 2. The van der Waals surface area contributed by atoms with Crippen LogP contribution in [-0.4, -0.2) is 22.7 Å². The predicted molar refractivity (Wildman–Crippen MR) is 112 cm³/mol. The highest BCUT2D eigenvalue weighted by Crippen LogP contribution is 2.34. The quantitative estimate of drug-likeness (QED) is 0.518. The molecule has 3 rings (SSSR count). The van der Waals surface area contributed by atoms with Crippen molar-refractivity contribution in [1.29, 1.82) is 0 Å². The molecule has 0 spiro atoms. The van der Waals surface area contributed by atoms with Crippen LogP contribution >= 0.6 is 11.6 Å². The molecule has 9 heteroatoms. The summed E-state index contributed by atoms with van der Waals surface area (Å²) in [5.74, 6) is -0.806. The maximum atomic E-state index is 13.9. The second kappa shape index (κ2) is 8.39. The fourth-order valence-corrected chi connectivity index (χ4v) is 3.24.